The van der Waals surface area contributed by atoms with Gasteiger partial charge in [0.25, 0.3) is 5.91 Å². The first-order chi connectivity index (χ1) is 6.69. The van der Waals surface area contributed by atoms with Gasteiger partial charge in [-0.15, -0.1) is 0 Å². The molecule has 2 N–H and O–H groups in total. The summed E-state index contributed by atoms with van der Waals surface area (Å²) in [4.78, 5) is 10.8. The number of nitrogens with two attached hydrogens (primary N) is 1. The predicted octanol–water partition coefficient (Wildman–Crippen LogP) is 2.07. The normalized spacial score (nSPS) is 12.7. The molecule has 0 fully saturated rings. The Morgan fingerprint density at radius 2 is 2.36 bits per heavy atom. The lowest BCUT2D eigenvalue weighted by Crippen LogP contribution is -2.10. The molecule has 0 aliphatic rings. The fourth-order valence-corrected chi connectivity index (χ4v) is 1.49. The van der Waals surface area contributed by atoms with Crippen LogP contribution in [0, 0.1) is 0 Å². The summed E-state index contributed by atoms with van der Waals surface area (Å²) in [6.07, 6.45) is 3.12. The third kappa shape index (κ3) is 2.34. The van der Waals surface area contributed by atoms with Gasteiger partial charge in [0.15, 0.2) is 5.69 Å². The van der Waals surface area contributed by atoms with E-state index in [1.165, 1.54) is 0 Å². The molecule has 14 heavy (non-hydrogen) atoms. The van der Waals surface area contributed by atoms with Crippen molar-refractivity contribution in [1.82, 2.24) is 5.16 Å². The number of hydrogen-bond acceptors (Lipinski definition) is 3. The highest BCUT2D eigenvalue weighted by Crippen LogP contribution is 2.24. The van der Waals surface area contributed by atoms with Crippen LogP contribution >= 0.6 is 0 Å². The molecule has 1 heterocycles. The quantitative estimate of drug-likeness (QED) is 0.783. The Morgan fingerprint density at radius 3 is 2.79 bits per heavy atom. The second-order valence-corrected chi connectivity index (χ2v) is 3.37. The minimum Gasteiger partial charge on any atom is -0.364 e. The van der Waals surface area contributed by atoms with Crippen LogP contribution in [-0.2, 0) is 0 Å². The fourth-order valence-electron chi connectivity index (χ4n) is 1.49. The summed E-state index contributed by atoms with van der Waals surface area (Å²) in [5.41, 5.74) is 5.30. The Bertz CT molecular complexity index is 307. The number of hydrogen-bond donors (Lipinski definition) is 1. The van der Waals surface area contributed by atoms with E-state index in [9.17, 15) is 4.79 Å². The SMILES string of the molecule is CCCC(CC)c1cc(C(N)=O)no1. The molecular formula is C10H16N2O2. The maximum atomic E-state index is 10.8. The van der Waals surface area contributed by atoms with E-state index in [4.69, 9.17) is 10.3 Å². The van der Waals surface area contributed by atoms with E-state index in [1.807, 2.05) is 0 Å². The van der Waals surface area contributed by atoms with Gasteiger partial charge in [0.2, 0.25) is 0 Å². The predicted molar refractivity (Wildman–Crippen MR) is 53.0 cm³/mol. The molecule has 0 saturated heterocycles. The van der Waals surface area contributed by atoms with Gasteiger partial charge in [-0.25, -0.2) is 0 Å². The van der Waals surface area contributed by atoms with E-state index in [1.54, 1.807) is 6.07 Å². The van der Waals surface area contributed by atoms with Gasteiger partial charge < -0.3 is 10.3 Å². The summed E-state index contributed by atoms with van der Waals surface area (Å²) >= 11 is 0. The molecule has 1 unspecified atom stereocenters. The molecule has 1 aromatic rings. The van der Waals surface area contributed by atoms with Crippen molar-refractivity contribution in [2.24, 2.45) is 5.73 Å². The van der Waals surface area contributed by atoms with Crippen molar-refractivity contribution in [2.45, 2.75) is 39.0 Å². The summed E-state index contributed by atoms with van der Waals surface area (Å²) in [7, 11) is 0. The standard InChI is InChI=1S/C10H16N2O2/c1-3-5-7(4-2)9-6-8(10(11)13)12-14-9/h6-7H,3-5H2,1-2H3,(H2,11,13). The Kier molecular flexibility index (Phi) is 3.68. The second-order valence-electron chi connectivity index (χ2n) is 3.37. The van der Waals surface area contributed by atoms with Crippen LogP contribution in [0.4, 0.5) is 0 Å². The number of aromatic nitrogens is 1. The first-order valence-corrected chi connectivity index (χ1v) is 4.95. The molecule has 0 radical (unpaired) electrons. The van der Waals surface area contributed by atoms with Crippen LogP contribution in [0.1, 0.15) is 55.3 Å². The molecule has 1 amide bonds. The lowest BCUT2D eigenvalue weighted by Gasteiger charge is -2.07. The van der Waals surface area contributed by atoms with E-state index >= 15 is 0 Å². The Labute approximate surface area is 83.5 Å². The average molecular weight is 196 g/mol. The second kappa shape index (κ2) is 4.79. The summed E-state index contributed by atoms with van der Waals surface area (Å²) < 4.78 is 5.08. The highest BCUT2D eigenvalue weighted by atomic mass is 16.5. The van der Waals surface area contributed by atoms with E-state index in [-0.39, 0.29) is 5.69 Å². The third-order valence-corrected chi connectivity index (χ3v) is 2.31. The van der Waals surface area contributed by atoms with Crippen LogP contribution in [-0.4, -0.2) is 11.1 Å². The van der Waals surface area contributed by atoms with Gasteiger partial charge in [-0.3, -0.25) is 4.79 Å². The third-order valence-electron chi connectivity index (χ3n) is 2.31. The molecule has 0 aliphatic heterocycles. The Morgan fingerprint density at radius 1 is 1.64 bits per heavy atom. The average Bonchev–Trinajstić information content (AvgIpc) is 2.63. The van der Waals surface area contributed by atoms with Crippen LogP contribution in [0.5, 0.6) is 0 Å². The number of carbonyl (C=O) groups is 1. The first-order valence-electron chi connectivity index (χ1n) is 4.95. The van der Waals surface area contributed by atoms with Crippen LogP contribution in [0.15, 0.2) is 10.6 Å². The molecule has 0 aliphatic carbocycles. The number of primary amides is 1. The Balaban J connectivity index is 2.78. The number of carbonyl (C=O) groups excluding carboxylic acids is 1. The van der Waals surface area contributed by atoms with Crippen LogP contribution in [0.25, 0.3) is 0 Å². The smallest absolute Gasteiger partial charge is 0.270 e. The van der Waals surface area contributed by atoms with Crippen molar-refractivity contribution < 1.29 is 9.32 Å². The Hall–Kier alpha value is -1.32. The van der Waals surface area contributed by atoms with E-state index < -0.39 is 5.91 Å². The summed E-state index contributed by atoms with van der Waals surface area (Å²) in [6, 6.07) is 1.64. The van der Waals surface area contributed by atoms with Crippen molar-refractivity contribution in [3.05, 3.63) is 17.5 Å². The van der Waals surface area contributed by atoms with Crippen LogP contribution in [0.3, 0.4) is 0 Å². The van der Waals surface area contributed by atoms with Gasteiger partial charge in [0.05, 0.1) is 0 Å². The van der Waals surface area contributed by atoms with Crippen molar-refractivity contribution >= 4 is 5.91 Å². The topological polar surface area (TPSA) is 69.1 Å². The van der Waals surface area contributed by atoms with Gasteiger partial charge in [-0.05, 0) is 12.8 Å². The van der Waals surface area contributed by atoms with Gasteiger partial charge in [-0.2, -0.15) is 0 Å². The maximum absolute atomic E-state index is 10.8. The van der Waals surface area contributed by atoms with Crippen LogP contribution in [0.2, 0.25) is 0 Å². The lowest BCUT2D eigenvalue weighted by molar-refractivity contribution is 0.0991. The summed E-state index contributed by atoms with van der Waals surface area (Å²) in [5, 5.41) is 3.62. The highest BCUT2D eigenvalue weighted by Gasteiger charge is 2.16. The molecule has 1 aromatic heterocycles. The molecule has 4 nitrogen and oxygen atoms in total. The van der Waals surface area contributed by atoms with Crippen LogP contribution < -0.4 is 5.73 Å². The molecule has 78 valence electrons. The summed E-state index contributed by atoms with van der Waals surface area (Å²) in [6.45, 7) is 4.21. The molecule has 0 aromatic carbocycles. The monoisotopic (exact) mass is 196 g/mol. The molecule has 1 rings (SSSR count). The number of amides is 1. The van der Waals surface area contributed by atoms with Gasteiger partial charge in [0, 0.05) is 12.0 Å². The van der Waals surface area contributed by atoms with Gasteiger partial charge in [-0.1, -0.05) is 25.4 Å². The maximum Gasteiger partial charge on any atom is 0.270 e. The zero-order valence-corrected chi connectivity index (χ0v) is 8.62. The van der Waals surface area contributed by atoms with Crippen molar-refractivity contribution in [1.29, 1.82) is 0 Å². The fraction of sp³-hybridized carbons (Fsp3) is 0.600. The van der Waals surface area contributed by atoms with Gasteiger partial charge >= 0.3 is 0 Å². The van der Waals surface area contributed by atoms with Crippen molar-refractivity contribution in [3.8, 4) is 0 Å². The molecule has 4 heteroatoms. The molecule has 0 spiro atoms. The van der Waals surface area contributed by atoms with E-state index in [0.717, 1.165) is 25.0 Å². The summed E-state index contributed by atoms with van der Waals surface area (Å²) in [5.74, 6) is 0.579. The first kappa shape index (κ1) is 10.8. The molecule has 1 atom stereocenters. The minimum absolute atomic E-state index is 0.217. The van der Waals surface area contributed by atoms with Crippen molar-refractivity contribution in [3.63, 3.8) is 0 Å². The van der Waals surface area contributed by atoms with E-state index in [2.05, 4.69) is 19.0 Å². The van der Waals surface area contributed by atoms with Crippen molar-refractivity contribution in [2.75, 3.05) is 0 Å². The van der Waals surface area contributed by atoms with Gasteiger partial charge in [0.1, 0.15) is 5.76 Å². The number of nitrogens with zero attached hydrogens (tertiary/aromatic N) is 1. The minimum atomic E-state index is -0.536. The highest BCUT2D eigenvalue weighted by molar-refractivity contribution is 5.90. The zero-order valence-electron chi connectivity index (χ0n) is 8.62. The van der Waals surface area contributed by atoms with E-state index in [0.29, 0.717) is 5.92 Å². The molecular weight excluding hydrogens is 180 g/mol. The zero-order chi connectivity index (χ0) is 10.6. The molecule has 0 bridgehead atoms. The largest absolute Gasteiger partial charge is 0.364 e. The molecule has 0 saturated carbocycles. The lowest BCUT2D eigenvalue weighted by atomic mass is 9.98. The number of rotatable bonds is 5.